The van der Waals surface area contributed by atoms with Crippen LogP contribution in [0.5, 0.6) is 0 Å². The van der Waals surface area contributed by atoms with Crippen molar-refractivity contribution in [3.05, 3.63) is 36.3 Å². The molecule has 8 nitrogen and oxygen atoms in total. The van der Waals surface area contributed by atoms with Gasteiger partial charge in [-0.25, -0.2) is 9.97 Å². The van der Waals surface area contributed by atoms with Crippen molar-refractivity contribution in [2.24, 2.45) is 0 Å². The Balaban J connectivity index is 1.58. The first-order valence-corrected chi connectivity index (χ1v) is 8.59. The highest BCUT2D eigenvalue weighted by atomic mass is 16.2. The summed E-state index contributed by atoms with van der Waals surface area (Å²) in [6, 6.07) is 5.52. The van der Waals surface area contributed by atoms with Crippen LogP contribution in [-0.2, 0) is 0 Å². The van der Waals surface area contributed by atoms with Crippen molar-refractivity contribution >= 4 is 17.7 Å². The lowest BCUT2D eigenvalue weighted by molar-refractivity contribution is 0.0933. The van der Waals surface area contributed by atoms with E-state index in [9.17, 15) is 4.79 Å². The summed E-state index contributed by atoms with van der Waals surface area (Å²) in [5.41, 5.74) is 0.348. The van der Waals surface area contributed by atoms with Crippen LogP contribution in [-0.4, -0.2) is 58.3 Å². The van der Waals surface area contributed by atoms with Crippen molar-refractivity contribution in [1.29, 1.82) is 0 Å². The van der Waals surface area contributed by atoms with Crippen LogP contribution in [0.2, 0.25) is 0 Å². The maximum atomic E-state index is 12.1. The second-order valence-corrected chi connectivity index (χ2v) is 6.08. The van der Waals surface area contributed by atoms with Crippen LogP contribution in [0.3, 0.4) is 0 Å². The molecule has 0 bridgehead atoms. The van der Waals surface area contributed by atoms with Crippen LogP contribution in [0, 0.1) is 0 Å². The topological polar surface area (TPSA) is 87.1 Å². The zero-order valence-corrected chi connectivity index (χ0v) is 14.6. The number of hydrogen-bond donors (Lipinski definition) is 1. The Morgan fingerprint density at radius 3 is 2.40 bits per heavy atom. The quantitative estimate of drug-likeness (QED) is 0.872. The molecule has 132 valence electrons. The first-order chi connectivity index (χ1) is 12.2. The van der Waals surface area contributed by atoms with E-state index in [-0.39, 0.29) is 11.9 Å². The van der Waals surface area contributed by atoms with Crippen molar-refractivity contribution < 1.29 is 4.79 Å². The molecule has 1 saturated heterocycles. The molecule has 0 radical (unpaired) electrons. The minimum Gasteiger partial charge on any atom is -0.352 e. The van der Waals surface area contributed by atoms with Crippen molar-refractivity contribution in [2.45, 2.75) is 26.3 Å². The van der Waals surface area contributed by atoms with Gasteiger partial charge in [0.15, 0.2) is 11.5 Å². The molecule has 1 amide bonds. The molecule has 3 heterocycles. The fourth-order valence-corrected chi connectivity index (χ4v) is 2.60. The van der Waals surface area contributed by atoms with E-state index in [2.05, 4.69) is 35.3 Å². The molecule has 0 spiro atoms. The summed E-state index contributed by atoms with van der Waals surface area (Å²) in [4.78, 5) is 24.9. The molecule has 1 unspecified atom stereocenters. The third-order valence-electron chi connectivity index (χ3n) is 4.31. The minimum absolute atomic E-state index is 0.127. The number of aromatic nitrogens is 4. The van der Waals surface area contributed by atoms with E-state index in [0.29, 0.717) is 5.69 Å². The number of piperazine rings is 1. The van der Waals surface area contributed by atoms with Gasteiger partial charge in [-0.15, -0.1) is 10.2 Å². The Morgan fingerprint density at radius 2 is 1.80 bits per heavy atom. The van der Waals surface area contributed by atoms with Gasteiger partial charge in [0.05, 0.1) is 0 Å². The lowest BCUT2D eigenvalue weighted by Gasteiger charge is -2.35. The molecule has 3 rings (SSSR count). The number of nitrogens with one attached hydrogen (secondary N) is 1. The normalized spacial score (nSPS) is 15.8. The number of carbonyl (C=O) groups is 1. The molecular weight excluding hydrogens is 318 g/mol. The van der Waals surface area contributed by atoms with Gasteiger partial charge >= 0.3 is 0 Å². The second kappa shape index (κ2) is 7.87. The molecule has 1 fully saturated rings. The molecule has 1 aliphatic heterocycles. The number of anilines is 2. The Morgan fingerprint density at radius 1 is 1.12 bits per heavy atom. The number of rotatable bonds is 5. The van der Waals surface area contributed by atoms with Gasteiger partial charge in [-0.2, -0.15) is 0 Å². The maximum Gasteiger partial charge on any atom is 0.272 e. The van der Waals surface area contributed by atoms with Crippen LogP contribution in [0.4, 0.5) is 11.8 Å². The van der Waals surface area contributed by atoms with Gasteiger partial charge in [-0.3, -0.25) is 4.79 Å². The minimum atomic E-state index is -0.181. The summed E-state index contributed by atoms with van der Waals surface area (Å²) >= 11 is 0. The molecule has 8 heteroatoms. The molecular formula is C17H23N7O. The van der Waals surface area contributed by atoms with Gasteiger partial charge in [0.25, 0.3) is 5.91 Å². The second-order valence-electron chi connectivity index (χ2n) is 6.08. The third-order valence-corrected chi connectivity index (χ3v) is 4.31. The Labute approximate surface area is 147 Å². The van der Waals surface area contributed by atoms with Crippen molar-refractivity contribution in [3.63, 3.8) is 0 Å². The molecule has 1 atom stereocenters. The standard InChI is InChI=1S/C17H23N7O/c1-3-13(2)20-16(25)14-5-6-15(22-21-14)23-9-11-24(12-10-23)17-18-7-4-8-19-17/h4-8,13H,3,9-12H2,1-2H3,(H,20,25). The van der Waals surface area contributed by atoms with E-state index in [1.54, 1.807) is 18.5 Å². The monoisotopic (exact) mass is 341 g/mol. The summed E-state index contributed by atoms with van der Waals surface area (Å²) in [7, 11) is 0. The van der Waals surface area contributed by atoms with Gasteiger partial charge < -0.3 is 15.1 Å². The van der Waals surface area contributed by atoms with Crippen LogP contribution in [0.1, 0.15) is 30.8 Å². The number of nitrogens with zero attached hydrogens (tertiary/aromatic N) is 6. The van der Waals surface area contributed by atoms with E-state index in [1.807, 2.05) is 26.0 Å². The SMILES string of the molecule is CCC(C)NC(=O)c1ccc(N2CCN(c3ncccn3)CC2)nn1. The third kappa shape index (κ3) is 4.20. The van der Waals surface area contributed by atoms with E-state index < -0.39 is 0 Å². The van der Waals surface area contributed by atoms with Crippen LogP contribution < -0.4 is 15.1 Å². The van der Waals surface area contributed by atoms with E-state index in [1.165, 1.54) is 0 Å². The van der Waals surface area contributed by atoms with Crippen LogP contribution >= 0.6 is 0 Å². The zero-order valence-electron chi connectivity index (χ0n) is 14.6. The number of carbonyl (C=O) groups excluding carboxylic acids is 1. The average molecular weight is 341 g/mol. The highest BCUT2D eigenvalue weighted by Gasteiger charge is 2.20. The first kappa shape index (κ1) is 17.1. The lowest BCUT2D eigenvalue weighted by atomic mass is 10.2. The number of amides is 1. The van der Waals surface area contributed by atoms with Crippen LogP contribution in [0.15, 0.2) is 30.6 Å². The van der Waals surface area contributed by atoms with Crippen molar-refractivity contribution in [1.82, 2.24) is 25.5 Å². The highest BCUT2D eigenvalue weighted by Crippen LogP contribution is 2.15. The van der Waals surface area contributed by atoms with E-state index in [4.69, 9.17) is 0 Å². The molecule has 1 aliphatic rings. The molecule has 25 heavy (non-hydrogen) atoms. The maximum absolute atomic E-state index is 12.1. The van der Waals surface area contributed by atoms with Crippen LogP contribution in [0.25, 0.3) is 0 Å². The largest absolute Gasteiger partial charge is 0.352 e. The predicted molar refractivity (Wildman–Crippen MR) is 95.7 cm³/mol. The summed E-state index contributed by atoms with van der Waals surface area (Å²) in [6.45, 7) is 7.26. The van der Waals surface area contributed by atoms with Gasteiger partial charge in [-0.05, 0) is 31.5 Å². The Bertz CT molecular complexity index is 684. The first-order valence-electron chi connectivity index (χ1n) is 8.59. The van der Waals surface area contributed by atoms with Crippen molar-refractivity contribution in [3.8, 4) is 0 Å². The van der Waals surface area contributed by atoms with Gasteiger partial charge in [0, 0.05) is 44.6 Å². The van der Waals surface area contributed by atoms with Gasteiger partial charge in [-0.1, -0.05) is 6.92 Å². The summed E-state index contributed by atoms with van der Waals surface area (Å²) < 4.78 is 0. The molecule has 0 aliphatic carbocycles. The van der Waals surface area contributed by atoms with Gasteiger partial charge in [0.1, 0.15) is 0 Å². The molecule has 2 aromatic rings. The van der Waals surface area contributed by atoms with Gasteiger partial charge in [0.2, 0.25) is 5.95 Å². The lowest BCUT2D eigenvalue weighted by Crippen LogP contribution is -2.47. The summed E-state index contributed by atoms with van der Waals surface area (Å²) in [5, 5.41) is 11.2. The average Bonchev–Trinajstić information content (AvgIpc) is 2.69. The zero-order chi connectivity index (χ0) is 17.6. The van der Waals surface area contributed by atoms with Crippen molar-refractivity contribution in [2.75, 3.05) is 36.0 Å². The van der Waals surface area contributed by atoms with E-state index in [0.717, 1.165) is 44.4 Å². The summed E-state index contributed by atoms with van der Waals surface area (Å²) in [5.74, 6) is 1.36. The van der Waals surface area contributed by atoms with E-state index >= 15 is 0 Å². The fraction of sp³-hybridized carbons (Fsp3) is 0.471. The smallest absolute Gasteiger partial charge is 0.272 e. The predicted octanol–water partition coefficient (Wildman–Crippen LogP) is 1.12. The molecule has 0 aromatic carbocycles. The molecule has 2 aromatic heterocycles. The number of hydrogen-bond acceptors (Lipinski definition) is 7. The molecule has 1 N–H and O–H groups in total. The molecule has 0 saturated carbocycles. The Hall–Kier alpha value is -2.77. The Kier molecular flexibility index (Phi) is 5.37. The fourth-order valence-electron chi connectivity index (χ4n) is 2.60. The summed E-state index contributed by atoms with van der Waals surface area (Å²) in [6.07, 6.45) is 4.39. The highest BCUT2D eigenvalue weighted by molar-refractivity contribution is 5.92.